The Morgan fingerprint density at radius 1 is 0.771 bits per heavy atom. The fourth-order valence-corrected chi connectivity index (χ4v) is 12.8. The Morgan fingerprint density at radius 3 is 1.94 bits per heavy atom. The molecule has 8 atom stereocenters. The van der Waals surface area contributed by atoms with Crippen molar-refractivity contribution in [3.8, 4) is 5.75 Å². The maximum Gasteiger partial charge on any atom is 0.408 e. The van der Waals surface area contributed by atoms with Gasteiger partial charge >= 0.3 is 12.1 Å². The maximum atomic E-state index is 14.7. The van der Waals surface area contributed by atoms with Gasteiger partial charge in [0.1, 0.15) is 18.4 Å². The van der Waals surface area contributed by atoms with Crippen LogP contribution in [0.25, 0.3) is 0 Å². The number of amides is 6. The quantitative estimate of drug-likeness (QED) is 0.0411. The Balaban J connectivity index is 0.943. The van der Waals surface area contributed by atoms with Gasteiger partial charge in [-0.2, -0.15) is 0 Å². The lowest BCUT2D eigenvalue weighted by atomic mass is 9.49. The summed E-state index contributed by atoms with van der Waals surface area (Å²) in [7, 11) is 1.50. The molecule has 2 saturated carbocycles. The fraction of sp³-hybridized carbons (Fsp3) is 0.556. The number of aliphatic hydroxyl groups is 1. The summed E-state index contributed by atoms with van der Waals surface area (Å²) in [6, 6.07) is 15.9. The molecule has 0 bridgehead atoms. The lowest BCUT2D eigenvalue weighted by Crippen LogP contribution is -2.60. The van der Waals surface area contributed by atoms with E-state index in [9.17, 15) is 39.0 Å². The highest BCUT2D eigenvalue weighted by molar-refractivity contribution is 6.01. The SMILES string of the molecule is COCN[C@@H](CCCNC(N)=O)C(=O)Nc1ccc(COC(=O)N[C@@H](CO)C(=O)Cc2ccc3c(c2)[C@@]2(C)CCC[C@](C)(C(=O)NC(=O)[C@@]4(C)CCC[C@]5(C)c6cc(O)ccc6CC[C@@H]45)[C@@H]2CC3)cc1. The number of methoxy groups -OCH3 is 1. The van der Waals surface area contributed by atoms with Gasteiger partial charge in [-0.25, -0.2) is 9.59 Å². The number of phenols is 1. The number of nitrogens with two attached hydrogens (primary N) is 1. The summed E-state index contributed by atoms with van der Waals surface area (Å²) in [5.41, 5.74) is 9.32. The number of hydrogen-bond donors (Lipinski definition) is 8. The highest BCUT2D eigenvalue weighted by Gasteiger charge is 2.58. The second kappa shape index (κ2) is 21.7. The molecule has 0 aromatic heterocycles. The summed E-state index contributed by atoms with van der Waals surface area (Å²) in [6.45, 7) is 8.19. The Hall–Kier alpha value is -5.84. The minimum absolute atomic E-state index is 0.0171. The number of carbonyl (C=O) groups is 6. The molecule has 4 aliphatic rings. The molecular formula is C54H72N6O10. The van der Waals surface area contributed by atoms with E-state index in [1.165, 1.54) is 18.2 Å². The molecule has 2 fully saturated rings. The summed E-state index contributed by atoms with van der Waals surface area (Å²) in [5, 5.41) is 34.5. The first-order valence-corrected chi connectivity index (χ1v) is 24.9. The Kier molecular flexibility index (Phi) is 16.1. The number of anilines is 1. The van der Waals surface area contributed by atoms with Crippen LogP contribution in [-0.2, 0) is 65.4 Å². The minimum Gasteiger partial charge on any atom is -0.508 e. The third-order valence-corrected chi connectivity index (χ3v) is 16.6. The number of Topliss-reactive ketones (excluding diaryl/α,β-unsaturated/α-hetero) is 1. The van der Waals surface area contributed by atoms with E-state index >= 15 is 0 Å². The lowest BCUT2D eigenvalue weighted by Gasteiger charge is -2.56. The predicted octanol–water partition coefficient (Wildman–Crippen LogP) is 6.10. The number of ketones is 1. The van der Waals surface area contributed by atoms with Gasteiger partial charge in [-0.3, -0.25) is 29.8 Å². The van der Waals surface area contributed by atoms with Crippen LogP contribution in [0.3, 0.4) is 0 Å². The van der Waals surface area contributed by atoms with Gasteiger partial charge in [0.25, 0.3) is 0 Å². The van der Waals surface area contributed by atoms with Gasteiger partial charge in [-0.15, -0.1) is 0 Å². The Morgan fingerprint density at radius 2 is 1.36 bits per heavy atom. The van der Waals surface area contributed by atoms with E-state index in [2.05, 4.69) is 46.5 Å². The van der Waals surface area contributed by atoms with Crippen molar-refractivity contribution in [1.82, 2.24) is 21.3 Å². The lowest BCUT2D eigenvalue weighted by molar-refractivity contribution is -0.150. The molecule has 0 unspecified atom stereocenters. The maximum absolute atomic E-state index is 14.7. The zero-order chi connectivity index (χ0) is 50.4. The summed E-state index contributed by atoms with van der Waals surface area (Å²) in [4.78, 5) is 79.8. The monoisotopic (exact) mass is 965 g/mol. The number of fused-ring (bicyclic) bond motifs is 6. The zero-order valence-corrected chi connectivity index (χ0v) is 41.3. The van der Waals surface area contributed by atoms with E-state index in [1.807, 2.05) is 38.1 Å². The Bertz CT molecular complexity index is 2450. The number of aliphatic hydroxyl groups excluding tert-OH is 1. The first kappa shape index (κ1) is 52.0. The molecule has 16 heteroatoms. The Labute approximate surface area is 411 Å². The third-order valence-electron chi connectivity index (χ3n) is 16.6. The number of benzene rings is 3. The van der Waals surface area contributed by atoms with Crippen molar-refractivity contribution in [2.45, 2.75) is 141 Å². The van der Waals surface area contributed by atoms with E-state index in [4.69, 9.17) is 15.2 Å². The van der Waals surface area contributed by atoms with Crippen LogP contribution in [-0.4, -0.2) is 84.9 Å². The van der Waals surface area contributed by atoms with Crippen LogP contribution in [0.4, 0.5) is 15.3 Å². The largest absolute Gasteiger partial charge is 0.508 e. The smallest absolute Gasteiger partial charge is 0.408 e. The number of aryl methyl sites for hydroxylation is 2. The number of hydrogen-bond acceptors (Lipinski definition) is 11. The third kappa shape index (κ3) is 10.9. The molecule has 6 amide bonds. The number of aromatic hydroxyl groups is 1. The van der Waals surface area contributed by atoms with Crippen molar-refractivity contribution in [3.05, 3.63) is 94.0 Å². The highest BCUT2D eigenvalue weighted by atomic mass is 16.5. The van der Waals surface area contributed by atoms with Crippen LogP contribution in [0.2, 0.25) is 0 Å². The molecule has 378 valence electrons. The van der Waals surface area contributed by atoms with Gasteiger partial charge in [0.15, 0.2) is 5.78 Å². The van der Waals surface area contributed by atoms with E-state index in [0.717, 1.165) is 68.1 Å². The van der Waals surface area contributed by atoms with E-state index < -0.39 is 52.8 Å². The van der Waals surface area contributed by atoms with Crippen LogP contribution in [0.5, 0.6) is 5.75 Å². The first-order chi connectivity index (χ1) is 33.3. The minimum atomic E-state index is -1.21. The zero-order valence-electron chi connectivity index (χ0n) is 41.3. The molecule has 0 heterocycles. The van der Waals surface area contributed by atoms with Crippen LogP contribution in [0.1, 0.15) is 125 Å². The van der Waals surface area contributed by atoms with E-state index in [0.29, 0.717) is 43.5 Å². The molecule has 3 aromatic carbocycles. The molecular weight excluding hydrogens is 893 g/mol. The fourth-order valence-electron chi connectivity index (χ4n) is 12.8. The second-order valence-corrected chi connectivity index (χ2v) is 21.1. The topological polar surface area (TPSA) is 248 Å². The number of phenolic OH excluding ortho intramolecular Hbond substituents is 1. The summed E-state index contributed by atoms with van der Waals surface area (Å²) in [6.07, 6.45) is 7.94. The summed E-state index contributed by atoms with van der Waals surface area (Å²) < 4.78 is 10.5. The second-order valence-electron chi connectivity index (χ2n) is 21.1. The molecule has 3 aromatic rings. The molecule has 0 saturated heterocycles. The van der Waals surface area contributed by atoms with E-state index in [-0.39, 0.29) is 60.5 Å². The summed E-state index contributed by atoms with van der Waals surface area (Å²) in [5.74, 6) is -0.931. The van der Waals surface area contributed by atoms with Gasteiger partial charge in [0, 0.05) is 25.8 Å². The molecule has 0 radical (unpaired) electrons. The van der Waals surface area contributed by atoms with Crippen molar-refractivity contribution in [3.63, 3.8) is 0 Å². The number of urea groups is 1. The van der Waals surface area contributed by atoms with Crippen molar-refractivity contribution in [2.75, 3.05) is 32.3 Å². The number of carbonyl (C=O) groups excluding carboxylic acids is 6. The number of nitrogens with one attached hydrogen (secondary N) is 5. The van der Waals surface area contributed by atoms with Crippen LogP contribution in [0.15, 0.2) is 60.7 Å². The van der Waals surface area contributed by atoms with E-state index in [1.54, 1.807) is 30.3 Å². The standard InChI is InChI=1S/C54H72N6O10/c1-51-22-7-24-53(3,47(65)60-48(66)54(4)25-8-23-52(2)40-29-38(62)19-14-36(40)16-21-45(52)54)44(51)20-15-35-13-10-34(27-39(35)51)28-43(63)42(30-61)59-50(68)70-31-33-11-17-37(18-12-33)58-46(64)41(57-32-69-5)9-6-26-56-49(55)67/h10-14,17-19,27,29,41-42,44-45,57,61-62H,6-9,15-16,20-26,28,30-32H2,1-5H3,(H,58,64)(H,59,68)(H3,55,56,67)(H,60,65,66)/t41-,42-,44+,45+,51+,52+,53-,54-/m0/s1. The van der Waals surface area contributed by atoms with Gasteiger partial charge in [0.05, 0.1) is 30.2 Å². The highest BCUT2D eigenvalue weighted by Crippen LogP contribution is 2.59. The van der Waals surface area contributed by atoms with Crippen molar-refractivity contribution < 1.29 is 48.5 Å². The average Bonchev–Trinajstić information content (AvgIpc) is 3.32. The number of rotatable bonds is 18. The van der Waals surface area contributed by atoms with Crippen molar-refractivity contribution >= 4 is 41.3 Å². The predicted molar refractivity (Wildman–Crippen MR) is 264 cm³/mol. The number of alkyl carbamates (subject to hydrolysis) is 1. The molecule has 0 aliphatic heterocycles. The van der Waals surface area contributed by atoms with Crippen molar-refractivity contribution in [1.29, 1.82) is 0 Å². The molecule has 9 N–H and O–H groups in total. The van der Waals surface area contributed by atoms with Gasteiger partial charge < -0.3 is 41.4 Å². The number of imide groups is 1. The molecule has 0 spiro atoms. The molecule has 4 aliphatic carbocycles. The van der Waals surface area contributed by atoms with Crippen LogP contribution in [0, 0.1) is 22.7 Å². The number of ether oxygens (including phenoxy) is 2. The number of primary amides is 1. The van der Waals surface area contributed by atoms with Gasteiger partial charge in [-0.05, 0) is 145 Å². The van der Waals surface area contributed by atoms with Crippen molar-refractivity contribution in [2.24, 2.45) is 28.4 Å². The summed E-state index contributed by atoms with van der Waals surface area (Å²) >= 11 is 0. The van der Waals surface area contributed by atoms with Gasteiger partial charge in [0.2, 0.25) is 17.7 Å². The normalized spacial score (nSPS) is 26.4. The molecule has 7 rings (SSSR count). The molecule has 16 nitrogen and oxygen atoms in total. The van der Waals surface area contributed by atoms with Crippen LogP contribution >= 0.6 is 0 Å². The van der Waals surface area contributed by atoms with Gasteiger partial charge in [-0.1, -0.05) is 76.9 Å². The first-order valence-electron chi connectivity index (χ1n) is 24.9. The molecule has 70 heavy (non-hydrogen) atoms. The average molecular weight is 965 g/mol. The van der Waals surface area contributed by atoms with Crippen LogP contribution < -0.4 is 32.3 Å².